The second-order valence-electron chi connectivity index (χ2n) is 4.98. The molecule has 140 valence electrons. The average Bonchev–Trinajstić information content (AvgIpc) is 2.52. The third-order valence-corrected chi connectivity index (χ3v) is 3.10. The highest BCUT2D eigenvalue weighted by molar-refractivity contribution is 5.99. The lowest BCUT2D eigenvalue weighted by atomic mass is 10.1. The summed E-state index contributed by atoms with van der Waals surface area (Å²) in [6.45, 7) is 0. The van der Waals surface area contributed by atoms with E-state index in [4.69, 9.17) is 0 Å². The number of rotatable bonds is 3. The molecule has 0 radical (unpaired) electrons. The normalized spacial score (nSPS) is 12.0. The molecule has 2 rings (SSSR count). The van der Waals surface area contributed by atoms with Gasteiger partial charge in [0.05, 0.1) is 0 Å². The van der Waals surface area contributed by atoms with E-state index in [1.165, 1.54) is 0 Å². The zero-order valence-corrected chi connectivity index (χ0v) is 12.4. The van der Waals surface area contributed by atoms with Gasteiger partial charge in [-0.2, -0.15) is 22.0 Å². The summed E-state index contributed by atoms with van der Waals surface area (Å²) in [4.78, 5) is 11.6. The first-order valence-electron chi connectivity index (χ1n) is 6.69. The van der Waals surface area contributed by atoms with Crippen molar-refractivity contribution in [2.24, 2.45) is 0 Å². The van der Waals surface area contributed by atoms with E-state index >= 15 is 0 Å². The first-order chi connectivity index (χ1) is 11.9. The molecule has 2 N–H and O–H groups in total. The minimum absolute atomic E-state index is 0.174. The number of carbonyl (C=O) groups excluding carboxylic acids is 1. The van der Waals surface area contributed by atoms with Crippen molar-refractivity contribution in [3.63, 3.8) is 0 Å². The molecular weight excluding hydrogens is 376 g/mol. The Morgan fingerprint density at radius 2 is 1.23 bits per heavy atom. The number of urea groups is 1. The number of anilines is 2. The van der Waals surface area contributed by atoms with Crippen LogP contribution in [0.1, 0.15) is 5.56 Å². The molecule has 0 aliphatic carbocycles. The number of carbonyl (C=O) groups is 1. The number of benzene rings is 2. The van der Waals surface area contributed by atoms with Crippen molar-refractivity contribution in [1.29, 1.82) is 0 Å². The van der Waals surface area contributed by atoms with Crippen molar-refractivity contribution >= 4 is 17.4 Å². The molecular formula is C15H8F8N2O. The lowest BCUT2D eigenvalue weighted by Crippen LogP contribution is -2.33. The Kier molecular flexibility index (Phi) is 5.10. The van der Waals surface area contributed by atoms with Crippen molar-refractivity contribution in [3.05, 3.63) is 59.4 Å². The summed E-state index contributed by atoms with van der Waals surface area (Å²) < 4.78 is 102. The van der Waals surface area contributed by atoms with Gasteiger partial charge in [0.1, 0.15) is 0 Å². The Labute approximate surface area is 140 Å². The van der Waals surface area contributed by atoms with Crippen molar-refractivity contribution in [2.75, 3.05) is 10.6 Å². The number of hydrogen-bond acceptors (Lipinski definition) is 1. The molecule has 0 saturated carbocycles. The third kappa shape index (κ3) is 4.03. The van der Waals surface area contributed by atoms with E-state index in [-0.39, 0.29) is 5.69 Å². The van der Waals surface area contributed by atoms with Gasteiger partial charge in [0.2, 0.25) is 0 Å². The standard InChI is InChI=1S/C15H8F8N2O/c16-10-5-9(6-11(17)12(10)18)25-13(26)24-8-3-1-7(2-4-8)14(19,20)15(21,22)23/h1-6H,(H2,24,25,26). The molecule has 3 nitrogen and oxygen atoms in total. The van der Waals surface area contributed by atoms with Crippen LogP contribution in [0.25, 0.3) is 0 Å². The molecule has 0 spiro atoms. The van der Waals surface area contributed by atoms with E-state index in [1.807, 2.05) is 10.6 Å². The van der Waals surface area contributed by atoms with Crippen LogP contribution in [0.15, 0.2) is 36.4 Å². The molecule has 11 heteroatoms. The van der Waals surface area contributed by atoms with Crippen molar-refractivity contribution in [3.8, 4) is 0 Å². The van der Waals surface area contributed by atoms with Crippen LogP contribution in [-0.2, 0) is 5.92 Å². The first kappa shape index (κ1) is 19.5. The molecule has 0 aliphatic rings. The molecule has 0 aliphatic heterocycles. The molecule has 26 heavy (non-hydrogen) atoms. The van der Waals surface area contributed by atoms with Crippen LogP contribution in [0, 0.1) is 17.5 Å². The van der Waals surface area contributed by atoms with Crippen LogP contribution in [0.5, 0.6) is 0 Å². The molecule has 0 bridgehead atoms. The van der Waals surface area contributed by atoms with Crippen LogP contribution in [0.2, 0.25) is 0 Å². The van der Waals surface area contributed by atoms with Crippen LogP contribution in [-0.4, -0.2) is 12.2 Å². The van der Waals surface area contributed by atoms with Gasteiger partial charge in [-0.3, -0.25) is 0 Å². The predicted octanol–water partition coefficient (Wildman–Crippen LogP) is 5.40. The van der Waals surface area contributed by atoms with Gasteiger partial charge >= 0.3 is 18.1 Å². The van der Waals surface area contributed by atoms with Crippen LogP contribution in [0.4, 0.5) is 51.3 Å². The molecule has 0 fully saturated rings. The van der Waals surface area contributed by atoms with E-state index in [1.54, 1.807) is 0 Å². The van der Waals surface area contributed by atoms with Gasteiger partial charge in [-0.25, -0.2) is 18.0 Å². The maximum atomic E-state index is 13.1. The van der Waals surface area contributed by atoms with Crippen molar-refractivity contribution in [1.82, 2.24) is 0 Å². The fourth-order valence-electron chi connectivity index (χ4n) is 1.85. The van der Waals surface area contributed by atoms with E-state index in [9.17, 15) is 39.9 Å². The molecule has 0 unspecified atom stereocenters. The van der Waals surface area contributed by atoms with Gasteiger partial charge in [-0.1, -0.05) is 12.1 Å². The van der Waals surface area contributed by atoms with Crippen LogP contribution >= 0.6 is 0 Å². The van der Waals surface area contributed by atoms with E-state index in [0.717, 1.165) is 12.1 Å². The Bertz CT molecular complexity index is 794. The Hall–Kier alpha value is -2.85. The summed E-state index contributed by atoms with van der Waals surface area (Å²) in [7, 11) is 0. The smallest absolute Gasteiger partial charge is 0.308 e. The Morgan fingerprint density at radius 1 is 0.769 bits per heavy atom. The van der Waals surface area contributed by atoms with Gasteiger partial charge in [0.15, 0.2) is 17.5 Å². The molecule has 0 aromatic heterocycles. The van der Waals surface area contributed by atoms with Gasteiger partial charge < -0.3 is 10.6 Å². The van der Waals surface area contributed by atoms with E-state index in [0.29, 0.717) is 24.3 Å². The molecule has 0 atom stereocenters. The quantitative estimate of drug-likeness (QED) is 0.540. The van der Waals surface area contributed by atoms with Gasteiger partial charge in [-0.15, -0.1) is 0 Å². The molecule has 2 aromatic rings. The summed E-state index contributed by atoms with van der Waals surface area (Å²) in [5.74, 6) is -9.92. The molecule has 0 heterocycles. The minimum atomic E-state index is -5.78. The zero-order chi connectivity index (χ0) is 19.7. The lowest BCUT2D eigenvalue weighted by Gasteiger charge is -2.20. The third-order valence-electron chi connectivity index (χ3n) is 3.10. The number of halogens is 8. The highest BCUT2D eigenvalue weighted by Gasteiger charge is 2.58. The van der Waals surface area contributed by atoms with Gasteiger partial charge in [0, 0.05) is 29.1 Å². The summed E-state index contributed by atoms with van der Waals surface area (Å²) in [5, 5.41) is 3.99. The summed E-state index contributed by atoms with van der Waals surface area (Å²) in [6.07, 6.45) is -5.78. The number of amides is 2. The molecule has 2 amide bonds. The summed E-state index contributed by atoms with van der Waals surface area (Å²) in [6, 6.07) is 2.36. The maximum Gasteiger partial charge on any atom is 0.458 e. The average molecular weight is 384 g/mol. The topological polar surface area (TPSA) is 41.1 Å². The highest BCUT2D eigenvalue weighted by atomic mass is 19.4. The SMILES string of the molecule is O=C(Nc1ccc(C(F)(F)C(F)(F)F)cc1)Nc1cc(F)c(F)c(F)c1. The number of hydrogen-bond donors (Lipinski definition) is 2. The second kappa shape index (κ2) is 6.81. The predicted molar refractivity (Wildman–Crippen MR) is 75.3 cm³/mol. The number of alkyl halides is 5. The maximum absolute atomic E-state index is 13.1. The Morgan fingerprint density at radius 3 is 1.69 bits per heavy atom. The second-order valence-corrected chi connectivity index (χ2v) is 4.98. The molecule has 0 saturated heterocycles. The number of nitrogens with one attached hydrogen (secondary N) is 2. The largest absolute Gasteiger partial charge is 0.458 e. The summed E-state index contributed by atoms with van der Waals surface area (Å²) >= 11 is 0. The summed E-state index contributed by atoms with van der Waals surface area (Å²) in [5.41, 5.74) is -1.95. The lowest BCUT2D eigenvalue weighted by molar-refractivity contribution is -0.289. The highest BCUT2D eigenvalue weighted by Crippen LogP contribution is 2.43. The van der Waals surface area contributed by atoms with Gasteiger partial charge in [-0.05, 0) is 12.1 Å². The first-order valence-corrected chi connectivity index (χ1v) is 6.69. The van der Waals surface area contributed by atoms with E-state index in [2.05, 4.69) is 0 Å². The minimum Gasteiger partial charge on any atom is -0.308 e. The van der Waals surface area contributed by atoms with E-state index < -0.39 is 46.8 Å². The van der Waals surface area contributed by atoms with Crippen molar-refractivity contribution in [2.45, 2.75) is 12.1 Å². The van der Waals surface area contributed by atoms with Gasteiger partial charge in [0.25, 0.3) is 0 Å². The monoisotopic (exact) mass is 384 g/mol. The fraction of sp³-hybridized carbons (Fsp3) is 0.133. The van der Waals surface area contributed by atoms with Crippen LogP contribution < -0.4 is 10.6 Å². The Balaban J connectivity index is 2.09. The van der Waals surface area contributed by atoms with Crippen LogP contribution in [0.3, 0.4) is 0 Å². The zero-order valence-electron chi connectivity index (χ0n) is 12.4. The molecule has 2 aromatic carbocycles. The van der Waals surface area contributed by atoms with Crippen molar-refractivity contribution < 1.29 is 39.9 Å². The fourth-order valence-corrected chi connectivity index (χ4v) is 1.85.